The molecule has 130 valence electrons. The number of benzene rings is 1. The molecule has 1 aromatic carbocycles. The molecule has 1 N–H and O–H groups in total. The van der Waals surface area contributed by atoms with Crippen LogP contribution in [0.2, 0.25) is 0 Å². The molecule has 1 aromatic heterocycles. The van der Waals surface area contributed by atoms with Crippen molar-refractivity contribution in [3.63, 3.8) is 0 Å². The second kappa shape index (κ2) is 8.62. The van der Waals surface area contributed by atoms with Crippen molar-refractivity contribution >= 4 is 11.3 Å². The van der Waals surface area contributed by atoms with Gasteiger partial charge in [-0.15, -0.1) is 11.3 Å². The molecule has 1 fully saturated rings. The van der Waals surface area contributed by atoms with Crippen LogP contribution in [0.5, 0.6) is 5.75 Å². The second-order valence-electron chi connectivity index (χ2n) is 6.26. The van der Waals surface area contributed by atoms with Gasteiger partial charge < -0.3 is 14.6 Å². The molecular formula is C19H25NO3S. The zero-order chi connectivity index (χ0) is 16.8. The summed E-state index contributed by atoms with van der Waals surface area (Å²) in [7, 11) is 1.68. The summed E-state index contributed by atoms with van der Waals surface area (Å²) < 4.78 is 10.8. The molecule has 1 aliphatic rings. The van der Waals surface area contributed by atoms with Crippen molar-refractivity contribution < 1.29 is 14.6 Å². The van der Waals surface area contributed by atoms with Crippen LogP contribution < -0.4 is 4.74 Å². The van der Waals surface area contributed by atoms with Crippen molar-refractivity contribution in [2.75, 3.05) is 20.3 Å². The van der Waals surface area contributed by atoms with Crippen LogP contribution >= 0.6 is 11.3 Å². The van der Waals surface area contributed by atoms with Gasteiger partial charge in [0, 0.05) is 24.0 Å². The molecule has 1 aliphatic carbocycles. The van der Waals surface area contributed by atoms with E-state index in [9.17, 15) is 5.11 Å². The largest absolute Gasteiger partial charge is 0.497 e. The fourth-order valence-electron chi connectivity index (χ4n) is 2.76. The number of aliphatic hydroxyl groups is 1. The van der Waals surface area contributed by atoms with Crippen molar-refractivity contribution in [2.24, 2.45) is 0 Å². The molecular weight excluding hydrogens is 322 g/mol. The second-order valence-corrected chi connectivity index (χ2v) is 7.29. The highest BCUT2D eigenvalue weighted by atomic mass is 32.1. The highest BCUT2D eigenvalue weighted by Crippen LogP contribution is 2.28. The number of hydrogen-bond acceptors (Lipinski definition) is 5. The highest BCUT2D eigenvalue weighted by molar-refractivity contribution is 7.09. The first-order valence-corrected chi connectivity index (χ1v) is 9.27. The Morgan fingerprint density at radius 2 is 2.04 bits per heavy atom. The molecule has 0 radical (unpaired) electrons. The molecule has 4 nitrogen and oxygen atoms in total. The SMILES string of the molecule is COc1ccc(CN(CC(O)COCc2cccs2)C2CC2)cc1. The predicted molar refractivity (Wildman–Crippen MR) is 96.4 cm³/mol. The van der Waals surface area contributed by atoms with E-state index in [1.54, 1.807) is 18.4 Å². The molecule has 1 saturated carbocycles. The fraction of sp³-hybridized carbons (Fsp3) is 0.474. The summed E-state index contributed by atoms with van der Waals surface area (Å²) >= 11 is 1.68. The van der Waals surface area contributed by atoms with Crippen LogP contribution in [-0.2, 0) is 17.9 Å². The number of hydrogen-bond donors (Lipinski definition) is 1. The normalized spacial score (nSPS) is 15.6. The summed E-state index contributed by atoms with van der Waals surface area (Å²) in [4.78, 5) is 3.56. The Kier molecular flexibility index (Phi) is 6.26. The molecule has 1 atom stereocenters. The average molecular weight is 347 g/mol. The molecule has 2 aromatic rings. The van der Waals surface area contributed by atoms with Gasteiger partial charge in [-0.25, -0.2) is 0 Å². The van der Waals surface area contributed by atoms with Crippen molar-refractivity contribution in [3.8, 4) is 5.75 Å². The third-order valence-electron chi connectivity index (χ3n) is 4.19. The minimum atomic E-state index is -0.455. The molecule has 0 bridgehead atoms. The minimum absolute atomic E-state index is 0.379. The van der Waals surface area contributed by atoms with Crippen LogP contribution in [0.15, 0.2) is 41.8 Å². The number of ether oxygens (including phenoxy) is 2. The lowest BCUT2D eigenvalue weighted by Gasteiger charge is -2.25. The fourth-order valence-corrected chi connectivity index (χ4v) is 3.40. The van der Waals surface area contributed by atoms with Gasteiger partial charge in [-0.05, 0) is 42.0 Å². The Bertz CT molecular complexity index is 596. The van der Waals surface area contributed by atoms with E-state index in [0.717, 1.165) is 12.3 Å². The zero-order valence-corrected chi connectivity index (χ0v) is 14.9. The topological polar surface area (TPSA) is 41.9 Å². The Labute approximate surface area is 147 Å². The minimum Gasteiger partial charge on any atom is -0.497 e. The first-order valence-electron chi connectivity index (χ1n) is 8.40. The molecule has 3 rings (SSSR count). The maximum absolute atomic E-state index is 10.3. The van der Waals surface area contributed by atoms with Crippen molar-refractivity contribution in [3.05, 3.63) is 52.2 Å². The van der Waals surface area contributed by atoms with Crippen LogP contribution in [0, 0.1) is 0 Å². The first kappa shape index (κ1) is 17.4. The van der Waals surface area contributed by atoms with Gasteiger partial charge >= 0.3 is 0 Å². The first-order chi connectivity index (χ1) is 11.7. The lowest BCUT2D eigenvalue weighted by molar-refractivity contribution is 0.00781. The Morgan fingerprint density at radius 1 is 1.25 bits per heavy atom. The summed E-state index contributed by atoms with van der Waals surface area (Å²) in [6.07, 6.45) is 1.99. The van der Waals surface area contributed by atoms with Crippen LogP contribution in [-0.4, -0.2) is 42.4 Å². The van der Waals surface area contributed by atoms with Gasteiger partial charge in [-0.2, -0.15) is 0 Å². The monoisotopic (exact) mass is 347 g/mol. The van der Waals surface area contributed by atoms with Crippen LogP contribution in [0.25, 0.3) is 0 Å². The van der Waals surface area contributed by atoms with Crippen molar-refractivity contribution in [1.29, 1.82) is 0 Å². The van der Waals surface area contributed by atoms with Gasteiger partial charge in [0.05, 0.1) is 26.4 Å². The van der Waals surface area contributed by atoms with E-state index in [2.05, 4.69) is 23.1 Å². The molecule has 0 amide bonds. The van der Waals surface area contributed by atoms with Gasteiger partial charge in [0.25, 0.3) is 0 Å². The molecule has 0 aliphatic heterocycles. The summed E-state index contributed by atoms with van der Waals surface area (Å²) in [6, 6.07) is 12.8. The average Bonchev–Trinajstić information content (AvgIpc) is 3.32. The van der Waals surface area contributed by atoms with Crippen molar-refractivity contribution in [2.45, 2.75) is 38.1 Å². The summed E-state index contributed by atoms with van der Waals surface area (Å²) in [5.41, 5.74) is 1.24. The summed E-state index contributed by atoms with van der Waals surface area (Å²) in [6.45, 7) is 2.47. The summed E-state index contributed by atoms with van der Waals surface area (Å²) in [5.74, 6) is 0.874. The van der Waals surface area contributed by atoms with Gasteiger partial charge in [-0.1, -0.05) is 18.2 Å². The molecule has 0 spiro atoms. The maximum atomic E-state index is 10.3. The van der Waals surface area contributed by atoms with Gasteiger partial charge in [0.1, 0.15) is 5.75 Å². The lowest BCUT2D eigenvalue weighted by Crippen LogP contribution is -2.36. The van der Waals surface area contributed by atoms with Gasteiger partial charge in [0.15, 0.2) is 0 Å². The predicted octanol–water partition coefficient (Wildman–Crippen LogP) is 3.30. The number of aliphatic hydroxyl groups excluding tert-OH is 1. The molecule has 24 heavy (non-hydrogen) atoms. The lowest BCUT2D eigenvalue weighted by atomic mass is 10.2. The molecule has 1 heterocycles. The van der Waals surface area contributed by atoms with E-state index in [1.807, 2.05) is 23.6 Å². The van der Waals surface area contributed by atoms with Gasteiger partial charge in [-0.3, -0.25) is 4.90 Å². The van der Waals surface area contributed by atoms with E-state index >= 15 is 0 Å². The maximum Gasteiger partial charge on any atom is 0.118 e. The number of nitrogens with zero attached hydrogens (tertiary/aromatic N) is 1. The standard InChI is InChI=1S/C19H25NO3S/c1-22-18-8-4-15(5-9-18)11-20(16-6-7-16)12-17(21)13-23-14-19-3-2-10-24-19/h2-5,8-10,16-17,21H,6-7,11-14H2,1H3. The number of thiophene rings is 1. The van der Waals surface area contributed by atoms with E-state index in [4.69, 9.17) is 9.47 Å². The molecule has 5 heteroatoms. The van der Waals surface area contributed by atoms with Crippen LogP contribution in [0.1, 0.15) is 23.3 Å². The van der Waals surface area contributed by atoms with Crippen LogP contribution in [0.4, 0.5) is 0 Å². The Balaban J connectivity index is 1.46. The third-order valence-corrected chi connectivity index (χ3v) is 5.04. The quantitative estimate of drug-likeness (QED) is 0.716. The third kappa shape index (κ3) is 5.31. The Morgan fingerprint density at radius 3 is 2.67 bits per heavy atom. The molecule has 1 unspecified atom stereocenters. The smallest absolute Gasteiger partial charge is 0.118 e. The Hall–Kier alpha value is -1.40. The van der Waals surface area contributed by atoms with E-state index in [-0.39, 0.29) is 0 Å². The van der Waals surface area contributed by atoms with Crippen molar-refractivity contribution in [1.82, 2.24) is 4.90 Å². The van der Waals surface area contributed by atoms with Crippen LogP contribution in [0.3, 0.4) is 0 Å². The zero-order valence-electron chi connectivity index (χ0n) is 14.1. The highest BCUT2D eigenvalue weighted by Gasteiger charge is 2.30. The molecule has 0 saturated heterocycles. The van der Waals surface area contributed by atoms with E-state index < -0.39 is 6.10 Å². The number of methoxy groups -OCH3 is 1. The van der Waals surface area contributed by atoms with Gasteiger partial charge in [0.2, 0.25) is 0 Å². The number of rotatable bonds is 10. The van der Waals surface area contributed by atoms with E-state index in [0.29, 0.717) is 25.8 Å². The van der Waals surface area contributed by atoms with E-state index in [1.165, 1.54) is 23.3 Å². The summed E-state index contributed by atoms with van der Waals surface area (Å²) in [5, 5.41) is 12.3.